The fourth-order valence-electron chi connectivity index (χ4n) is 3.03. The lowest BCUT2D eigenvalue weighted by molar-refractivity contribution is -0.121. The fourth-order valence-corrected chi connectivity index (χ4v) is 3.98. The first kappa shape index (κ1) is 18.9. The lowest BCUT2D eigenvalue weighted by Gasteiger charge is -2.11. The van der Waals surface area contributed by atoms with Crippen molar-refractivity contribution in [1.82, 2.24) is 10.4 Å². The van der Waals surface area contributed by atoms with Crippen LogP contribution in [-0.2, 0) is 4.79 Å². The highest BCUT2D eigenvalue weighted by molar-refractivity contribution is 7.22. The molecular weight excluding hydrogens is 384 g/mol. The number of amides is 1. The Morgan fingerprint density at radius 1 is 1.14 bits per heavy atom. The average Bonchev–Trinajstić information content (AvgIpc) is 3.15. The first-order valence-corrected chi connectivity index (χ1v) is 9.98. The highest BCUT2D eigenvalue weighted by Gasteiger charge is 2.14. The third kappa shape index (κ3) is 4.05. The number of para-hydroxylation sites is 1. The summed E-state index contributed by atoms with van der Waals surface area (Å²) in [7, 11) is 1.62. The smallest absolute Gasteiger partial charge is 0.262 e. The summed E-state index contributed by atoms with van der Waals surface area (Å²) in [6.07, 6.45) is 1.61. The van der Waals surface area contributed by atoms with Crippen LogP contribution in [0.3, 0.4) is 0 Å². The van der Waals surface area contributed by atoms with Crippen LogP contribution in [0.5, 0.6) is 5.75 Å². The number of carbonyl (C=O) groups excluding carboxylic acids is 1. The molecule has 0 aliphatic heterocycles. The number of aromatic nitrogens is 1. The number of carbonyl (C=O) groups is 1. The van der Waals surface area contributed by atoms with Crippen molar-refractivity contribution < 1.29 is 9.53 Å². The number of benzene rings is 3. The zero-order valence-electron chi connectivity index (χ0n) is 16.0. The SMILES string of the molecule is COc1ccc2ccccc2c1/C=N\NC(=O)[C@@H](C)Nc1nc2ccccc2s1. The fraction of sp³-hybridized carbons (Fsp3) is 0.136. The molecule has 0 unspecified atom stereocenters. The topological polar surface area (TPSA) is 75.6 Å². The molecule has 1 heterocycles. The van der Waals surface area contributed by atoms with Crippen LogP contribution in [0.2, 0.25) is 0 Å². The van der Waals surface area contributed by atoms with E-state index in [1.54, 1.807) is 20.2 Å². The number of nitrogens with zero attached hydrogens (tertiary/aromatic N) is 2. The monoisotopic (exact) mass is 404 g/mol. The molecule has 0 aliphatic carbocycles. The van der Waals surface area contributed by atoms with E-state index in [1.807, 2.05) is 60.7 Å². The van der Waals surface area contributed by atoms with Crippen LogP contribution in [0.1, 0.15) is 12.5 Å². The van der Waals surface area contributed by atoms with Crippen LogP contribution in [0.15, 0.2) is 65.8 Å². The van der Waals surface area contributed by atoms with Crippen molar-refractivity contribution in [3.8, 4) is 5.75 Å². The van der Waals surface area contributed by atoms with Gasteiger partial charge >= 0.3 is 0 Å². The second kappa shape index (κ2) is 8.28. The molecule has 4 aromatic rings. The summed E-state index contributed by atoms with van der Waals surface area (Å²) in [6.45, 7) is 1.77. The van der Waals surface area contributed by atoms with Crippen LogP contribution >= 0.6 is 11.3 Å². The quantitative estimate of drug-likeness (QED) is 0.369. The minimum absolute atomic E-state index is 0.250. The van der Waals surface area contributed by atoms with Gasteiger partial charge in [-0.3, -0.25) is 4.79 Å². The van der Waals surface area contributed by atoms with Crippen molar-refractivity contribution in [3.05, 3.63) is 66.2 Å². The van der Waals surface area contributed by atoms with Gasteiger partial charge < -0.3 is 10.1 Å². The molecule has 0 radical (unpaired) electrons. The van der Waals surface area contributed by atoms with Crippen LogP contribution < -0.4 is 15.5 Å². The van der Waals surface area contributed by atoms with Gasteiger partial charge in [-0.1, -0.05) is 53.8 Å². The van der Waals surface area contributed by atoms with Crippen LogP contribution in [0.4, 0.5) is 5.13 Å². The first-order valence-electron chi connectivity index (χ1n) is 9.16. The van der Waals surface area contributed by atoms with E-state index in [-0.39, 0.29) is 5.91 Å². The summed E-state index contributed by atoms with van der Waals surface area (Å²) in [5.41, 5.74) is 4.32. The van der Waals surface area contributed by atoms with Crippen molar-refractivity contribution in [2.45, 2.75) is 13.0 Å². The predicted octanol–water partition coefficient (Wildman–Crippen LogP) is 4.41. The number of ether oxygens (including phenoxy) is 1. The molecule has 1 atom stereocenters. The summed E-state index contributed by atoms with van der Waals surface area (Å²) < 4.78 is 6.52. The second-order valence-electron chi connectivity index (χ2n) is 6.49. The Labute approximate surface area is 172 Å². The van der Waals surface area contributed by atoms with E-state index in [0.717, 1.165) is 26.6 Å². The van der Waals surface area contributed by atoms with Crippen molar-refractivity contribution in [2.24, 2.45) is 5.10 Å². The second-order valence-corrected chi connectivity index (χ2v) is 7.52. The lowest BCUT2D eigenvalue weighted by atomic mass is 10.0. The van der Waals surface area contributed by atoms with Crippen molar-refractivity contribution in [2.75, 3.05) is 12.4 Å². The number of anilines is 1. The minimum atomic E-state index is -0.484. The predicted molar refractivity (Wildman–Crippen MR) is 119 cm³/mol. The number of nitrogens with one attached hydrogen (secondary N) is 2. The highest BCUT2D eigenvalue weighted by atomic mass is 32.1. The molecule has 146 valence electrons. The molecule has 0 fully saturated rings. The van der Waals surface area contributed by atoms with Gasteiger partial charge in [-0.2, -0.15) is 5.10 Å². The molecule has 1 amide bonds. The van der Waals surface area contributed by atoms with Gasteiger partial charge in [-0.25, -0.2) is 10.4 Å². The normalized spacial score (nSPS) is 12.3. The Morgan fingerprint density at radius 3 is 2.76 bits per heavy atom. The van der Waals surface area contributed by atoms with Crippen molar-refractivity contribution in [1.29, 1.82) is 0 Å². The molecule has 2 N–H and O–H groups in total. The molecule has 0 saturated heterocycles. The van der Waals surface area contributed by atoms with Gasteiger partial charge in [-0.15, -0.1) is 0 Å². The maximum atomic E-state index is 12.4. The number of hydrogen-bond donors (Lipinski definition) is 2. The van der Waals surface area contributed by atoms with Crippen LogP contribution in [0, 0.1) is 0 Å². The number of hydrazone groups is 1. The summed E-state index contributed by atoms with van der Waals surface area (Å²) in [6, 6.07) is 19.2. The Bertz CT molecular complexity index is 1170. The van der Waals surface area contributed by atoms with E-state index in [2.05, 4.69) is 20.8 Å². The number of fused-ring (bicyclic) bond motifs is 2. The van der Waals surface area contributed by atoms with Gasteiger partial charge in [0, 0.05) is 5.56 Å². The van der Waals surface area contributed by atoms with Crippen molar-refractivity contribution >= 4 is 49.6 Å². The van der Waals surface area contributed by atoms with E-state index in [4.69, 9.17) is 4.74 Å². The summed E-state index contributed by atoms with van der Waals surface area (Å²) >= 11 is 1.51. The zero-order valence-corrected chi connectivity index (χ0v) is 16.9. The maximum absolute atomic E-state index is 12.4. The number of rotatable bonds is 6. The molecule has 29 heavy (non-hydrogen) atoms. The molecule has 0 spiro atoms. The van der Waals surface area contributed by atoms with Crippen molar-refractivity contribution in [3.63, 3.8) is 0 Å². The van der Waals surface area contributed by atoms with Crippen LogP contribution in [-0.4, -0.2) is 30.3 Å². The molecule has 3 aromatic carbocycles. The highest BCUT2D eigenvalue weighted by Crippen LogP contribution is 2.27. The number of hydrogen-bond acceptors (Lipinski definition) is 6. The Morgan fingerprint density at radius 2 is 1.93 bits per heavy atom. The Hall–Kier alpha value is -3.45. The Balaban J connectivity index is 1.46. The molecule has 6 nitrogen and oxygen atoms in total. The van der Waals surface area contributed by atoms with Crippen LogP contribution in [0.25, 0.3) is 21.0 Å². The molecule has 0 saturated carbocycles. The summed E-state index contributed by atoms with van der Waals surface area (Å²) in [5, 5.41) is 10.1. The summed E-state index contributed by atoms with van der Waals surface area (Å²) in [4.78, 5) is 16.9. The zero-order chi connectivity index (χ0) is 20.2. The molecule has 7 heteroatoms. The average molecular weight is 404 g/mol. The Kier molecular flexibility index (Phi) is 5.39. The van der Waals surface area contributed by atoms with Gasteiger partial charge in [0.05, 0.1) is 23.5 Å². The molecule has 1 aromatic heterocycles. The summed E-state index contributed by atoms with van der Waals surface area (Å²) in [5.74, 6) is 0.446. The van der Waals surface area contributed by atoms with Gasteiger partial charge in [-0.05, 0) is 35.9 Å². The molecule has 0 aliphatic rings. The standard InChI is InChI=1S/C22H20N4O2S/c1-14(24-22-25-18-9-5-6-10-20(18)29-22)21(27)26-23-13-17-16-8-4-3-7-15(16)11-12-19(17)28-2/h3-14H,1-2H3,(H,24,25)(H,26,27)/b23-13-/t14-/m1/s1. The van der Waals surface area contributed by atoms with E-state index < -0.39 is 6.04 Å². The number of methoxy groups -OCH3 is 1. The van der Waals surface area contributed by atoms with E-state index >= 15 is 0 Å². The van der Waals surface area contributed by atoms with E-state index in [9.17, 15) is 4.79 Å². The van der Waals surface area contributed by atoms with Gasteiger partial charge in [0.2, 0.25) is 0 Å². The van der Waals surface area contributed by atoms with Gasteiger partial charge in [0.1, 0.15) is 11.8 Å². The molecule has 0 bridgehead atoms. The maximum Gasteiger partial charge on any atom is 0.262 e. The first-order chi connectivity index (χ1) is 14.2. The van der Waals surface area contributed by atoms with E-state index in [1.165, 1.54) is 11.3 Å². The molecular formula is C22H20N4O2S. The van der Waals surface area contributed by atoms with Gasteiger partial charge in [0.15, 0.2) is 5.13 Å². The van der Waals surface area contributed by atoms with Gasteiger partial charge in [0.25, 0.3) is 5.91 Å². The van der Waals surface area contributed by atoms with E-state index in [0.29, 0.717) is 10.9 Å². The third-order valence-corrected chi connectivity index (χ3v) is 5.51. The lowest BCUT2D eigenvalue weighted by Crippen LogP contribution is -2.34. The largest absolute Gasteiger partial charge is 0.496 e. The molecule has 4 rings (SSSR count). The minimum Gasteiger partial charge on any atom is -0.496 e. The third-order valence-electron chi connectivity index (χ3n) is 4.55. The number of thiazole rings is 1.